The number of nitrogens with zero attached hydrogens (tertiary/aromatic N) is 3. The lowest BCUT2D eigenvalue weighted by Crippen LogP contribution is -2.28. The van der Waals surface area contributed by atoms with Gasteiger partial charge in [-0.25, -0.2) is 0 Å². The zero-order valence-corrected chi connectivity index (χ0v) is 31.7. The fraction of sp³-hybridized carbons (Fsp3) is 0.341. The number of hydrogen-bond acceptors (Lipinski definition) is 9. The molecule has 1 saturated heterocycles. The monoisotopic (exact) mass is 782 g/mol. The standard InChI is InChI=1S/C41H44BrClN6O3/c1-28(25-50)48-24-33-19-37(43)40(20-39(33)51-26-31-17-29(21-44)16-30(18-31)22-45)52-27-32-8-6-10-35(41(32)42)34-9-7-11-38(36(34)23-46)47-12-2-3-13-49-14-4-5-15-49/h6-11,16-20,23,28,46-48,50H,2-5,12-15,24-27H2,1H3. The van der Waals surface area contributed by atoms with E-state index in [0.29, 0.717) is 39.8 Å². The van der Waals surface area contributed by atoms with Crippen LogP contribution in [0.15, 0.2) is 71.2 Å². The van der Waals surface area contributed by atoms with E-state index in [1.807, 2.05) is 43.3 Å². The highest BCUT2D eigenvalue weighted by molar-refractivity contribution is 9.10. The number of likely N-dealkylation sites (tertiary alicyclic amines) is 1. The third-order valence-electron chi connectivity index (χ3n) is 9.09. The molecule has 0 aromatic heterocycles. The van der Waals surface area contributed by atoms with Crippen LogP contribution in [0.4, 0.5) is 5.69 Å². The molecule has 0 radical (unpaired) electrons. The minimum absolute atomic E-state index is 0.0297. The van der Waals surface area contributed by atoms with Gasteiger partial charge in [0.1, 0.15) is 24.7 Å². The Morgan fingerprint density at radius 2 is 1.65 bits per heavy atom. The van der Waals surface area contributed by atoms with Gasteiger partial charge in [0.25, 0.3) is 0 Å². The molecule has 1 aliphatic heterocycles. The lowest BCUT2D eigenvalue weighted by molar-refractivity contribution is 0.249. The number of halogens is 2. The Morgan fingerprint density at radius 3 is 2.37 bits per heavy atom. The zero-order valence-electron chi connectivity index (χ0n) is 29.4. The normalized spacial score (nSPS) is 13.3. The van der Waals surface area contributed by atoms with Gasteiger partial charge in [-0.05, 0) is 115 Å². The summed E-state index contributed by atoms with van der Waals surface area (Å²) in [6, 6.07) is 24.5. The minimum Gasteiger partial charge on any atom is -0.488 e. The highest BCUT2D eigenvalue weighted by atomic mass is 79.9. The Kier molecular flexibility index (Phi) is 14.5. The van der Waals surface area contributed by atoms with Gasteiger partial charge in [0, 0.05) is 58.3 Å². The summed E-state index contributed by atoms with van der Waals surface area (Å²) in [5, 5.41) is 43.9. The predicted octanol–water partition coefficient (Wildman–Crippen LogP) is 8.43. The number of ether oxygens (including phenoxy) is 2. The Bertz CT molecular complexity index is 1900. The molecule has 1 atom stereocenters. The summed E-state index contributed by atoms with van der Waals surface area (Å²) in [6.07, 6.45) is 6.25. The molecule has 1 unspecified atom stereocenters. The summed E-state index contributed by atoms with van der Waals surface area (Å²) < 4.78 is 13.4. The van der Waals surface area contributed by atoms with Crippen molar-refractivity contribution in [2.45, 2.75) is 58.4 Å². The summed E-state index contributed by atoms with van der Waals surface area (Å²) in [7, 11) is 0. The number of rotatable bonds is 18. The van der Waals surface area contributed by atoms with Crippen LogP contribution in [0, 0.1) is 28.1 Å². The van der Waals surface area contributed by atoms with Gasteiger partial charge in [-0.1, -0.05) is 41.9 Å². The Hall–Kier alpha value is -4.42. The molecule has 0 aliphatic carbocycles. The molecule has 0 amide bonds. The highest BCUT2D eigenvalue weighted by Crippen LogP contribution is 2.38. The number of hydrogen-bond donors (Lipinski definition) is 4. The van der Waals surface area contributed by atoms with E-state index in [9.17, 15) is 15.6 Å². The van der Waals surface area contributed by atoms with Gasteiger partial charge in [0.2, 0.25) is 0 Å². The maximum absolute atomic E-state index is 9.54. The summed E-state index contributed by atoms with van der Waals surface area (Å²) in [5.41, 5.74) is 6.74. The lowest BCUT2D eigenvalue weighted by Gasteiger charge is -2.19. The van der Waals surface area contributed by atoms with E-state index < -0.39 is 0 Å². The van der Waals surface area contributed by atoms with E-state index in [-0.39, 0.29) is 25.9 Å². The van der Waals surface area contributed by atoms with Crippen LogP contribution >= 0.6 is 27.5 Å². The molecule has 11 heteroatoms. The smallest absolute Gasteiger partial charge is 0.142 e. The lowest BCUT2D eigenvalue weighted by atomic mass is 9.97. The number of unbranched alkanes of at least 4 members (excludes halogenated alkanes) is 1. The Labute approximate surface area is 319 Å². The van der Waals surface area contributed by atoms with Crippen molar-refractivity contribution in [3.8, 4) is 34.8 Å². The van der Waals surface area contributed by atoms with Gasteiger partial charge < -0.3 is 35.5 Å². The topological polar surface area (TPSA) is 137 Å². The van der Waals surface area contributed by atoms with Gasteiger partial charge in [-0.3, -0.25) is 0 Å². The van der Waals surface area contributed by atoms with E-state index in [2.05, 4.69) is 43.6 Å². The number of aliphatic hydroxyl groups is 1. The van der Waals surface area contributed by atoms with Crippen LogP contribution in [0.1, 0.15) is 66.0 Å². The van der Waals surface area contributed by atoms with E-state index in [0.717, 1.165) is 63.9 Å². The van der Waals surface area contributed by atoms with Gasteiger partial charge >= 0.3 is 0 Å². The van der Waals surface area contributed by atoms with Crippen molar-refractivity contribution in [2.24, 2.45) is 0 Å². The van der Waals surface area contributed by atoms with Gasteiger partial charge in [-0.15, -0.1) is 0 Å². The third kappa shape index (κ3) is 10.3. The molecule has 1 aliphatic rings. The van der Waals surface area contributed by atoms with Crippen molar-refractivity contribution in [1.29, 1.82) is 15.9 Å². The van der Waals surface area contributed by atoms with Crippen LogP contribution in [0.3, 0.4) is 0 Å². The molecule has 52 heavy (non-hydrogen) atoms. The van der Waals surface area contributed by atoms with Crippen LogP contribution in [-0.4, -0.2) is 55.0 Å². The molecule has 0 spiro atoms. The van der Waals surface area contributed by atoms with E-state index in [1.165, 1.54) is 38.2 Å². The van der Waals surface area contributed by atoms with Gasteiger partial charge in [0.05, 0.1) is 34.9 Å². The first-order valence-corrected chi connectivity index (χ1v) is 18.7. The van der Waals surface area contributed by atoms with E-state index in [4.69, 9.17) is 26.5 Å². The van der Waals surface area contributed by atoms with Crippen molar-refractivity contribution >= 4 is 39.4 Å². The molecule has 270 valence electrons. The molecule has 1 heterocycles. The molecule has 5 rings (SSSR count). The molecule has 4 N–H and O–H groups in total. The Balaban J connectivity index is 1.32. The summed E-state index contributed by atoms with van der Waals surface area (Å²) in [6.45, 7) is 6.98. The third-order valence-corrected chi connectivity index (χ3v) is 10.3. The van der Waals surface area contributed by atoms with Gasteiger partial charge in [-0.2, -0.15) is 10.5 Å². The number of nitriles is 2. The van der Waals surface area contributed by atoms with Gasteiger partial charge in [0.15, 0.2) is 0 Å². The van der Waals surface area contributed by atoms with Crippen LogP contribution < -0.4 is 20.1 Å². The van der Waals surface area contributed by atoms with Crippen LogP contribution in [0.5, 0.6) is 11.5 Å². The number of aliphatic hydroxyl groups excluding tert-OH is 1. The number of benzene rings is 4. The Morgan fingerprint density at radius 1 is 0.942 bits per heavy atom. The van der Waals surface area contributed by atoms with Crippen molar-refractivity contribution < 1.29 is 14.6 Å². The zero-order chi connectivity index (χ0) is 36.9. The number of anilines is 1. The minimum atomic E-state index is -0.146. The van der Waals surface area contributed by atoms with Crippen LogP contribution in [-0.2, 0) is 19.8 Å². The second-order valence-electron chi connectivity index (χ2n) is 12.9. The van der Waals surface area contributed by atoms with Crippen molar-refractivity contribution in [3.63, 3.8) is 0 Å². The quantitative estimate of drug-likeness (QED) is 0.0583. The fourth-order valence-electron chi connectivity index (χ4n) is 6.23. The molecule has 0 bridgehead atoms. The second kappa shape index (κ2) is 19.4. The maximum atomic E-state index is 9.54. The summed E-state index contributed by atoms with van der Waals surface area (Å²) >= 11 is 10.6. The first-order chi connectivity index (χ1) is 25.3. The van der Waals surface area contributed by atoms with Crippen molar-refractivity contribution in [2.75, 3.05) is 38.1 Å². The first-order valence-electron chi connectivity index (χ1n) is 17.6. The van der Waals surface area contributed by atoms with Crippen molar-refractivity contribution in [3.05, 3.63) is 110 Å². The van der Waals surface area contributed by atoms with Crippen molar-refractivity contribution in [1.82, 2.24) is 10.2 Å². The average molecular weight is 784 g/mol. The molecule has 9 nitrogen and oxygen atoms in total. The molecular weight excluding hydrogens is 740 g/mol. The molecule has 4 aromatic rings. The van der Waals surface area contributed by atoms with E-state index in [1.54, 1.807) is 24.3 Å². The fourth-order valence-corrected chi connectivity index (χ4v) is 7.06. The molecule has 4 aromatic carbocycles. The molecule has 0 saturated carbocycles. The van der Waals surface area contributed by atoms with E-state index >= 15 is 0 Å². The molecular formula is C41H44BrClN6O3. The first kappa shape index (κ1) is 38.8. The second-order valence-corrected chi connectivity index (χ2v) is 14.1. The number of nitrogens with one attached hydrogen (secondary N) is 3. The largest absolute Gasteiger partial charge is 0.488 e. The summed E-state index contributed by atoms with van der Waals surface area (Å²) in [5.74, 6) is 0.939. The highest BCUT2D eigenvalue weighted by Gasteiger charge is 2.17. The SMILES string of the molecule is CC(CO)NCc1cc(Cl)c(OCc2cccc(-c3cccc(NCCCCN4CCCC4)c3C=N)c2Br)cc1OCc1cc(C#N)cc(C#N)c1. The molecule has 1 fully saturated rings. The predicted molar refractivity (Wildman–Crippen MR) is 210 cm³/mol. The average Bonchev–Trinajstić information content (AvgIpc) is 3.69. The van der Waals surface area contributed by atoms with Crippen LogP contribution in [0.25, 0.3) is 11.1 Å². The summed E-state index contributed by atoms with van der Waals surface area (Å²) in [4.78, 5) is 2.54. The maximum Gasteiger partial charge on any atom is 0.142 e. The van der Waals surface area contributed by atoms with Crippen LogP contribution in [0.2, 0.25) is 5.02 Å².